The van der Waals surface area contributed by atoms with Crippen LogP contribution in [0.3, 0.4) is 0 Å². The van der Waals surface area contributed by atoms with Crippen LogP contribution in [0.1, 0.15) is 20.8 Å². The molecule has 25 heavy (non-hydrogen) atoms. The van der Waals surface area contributed by atoms with E-state index in [2.05, 4.69) is 34.7 Å². The fourth-order valence-corrected chi connectivity index (χ4v) is 2.52. The van der Waals surface area contributed by atoms with Crippen LogP contribution in [0, 0.1) is 0 Å². The van der Waals surface area contributed by atoms with Gasteiger partial charge in [0.1, 0.15) is 0 Å². The van der Waals surface area contributed by atoms with E-state index in [4.69, 9.17) is 0 Å². The summed E-state index contributed by atoms with van der Waals surface area (Å²) in [6.45, 7) is 7.54. The zero-order chi connectivity index (χ0) is 18.2. The van der Waals surface area contributed by atoms with Gasteiger partial charge in [-0.15, -0.1) is 0 Å². The summed E-state index contributed by atoms with van der Waals surface area (Å²) in [5.74, 6) is -0.158. The standard InChI is InChI=1S/C19H24N4O2/c1-4-23(5-2)18-11-9-15(10-12-18)21-19(25)22-17-8-6-7-16(13-17)20-14(3)24/h6-13H,4-5H2,1-3H3,(H,20,24)(H2,21,22,25). The van der Waals surface area contributed by atoms with Crippen molar-refractivity contribution in [3.05, 3.63) is 48.5 Å². The summed E-state index contributed by atoms with van der Waals surface area (Å²) >= 11 is 0. The number of hydrogen-bond acceptors (Lipinski definition) is 3. The molecule has 2 rings (SSSR count). The largest absolute Gasteiger partial charge is 0.372 e. The number of amides is 3. The Bertz CT molecular complexity index is 724. The Hall–Kier alpha value is -3.02. The van der Waals surface area contributed by atoms with Crippen molar-refractivity contribution in [2.45, 2.75) is 20.8 Å². The van der Waals surface area contributed by atoms with E-state index in [0.717, 1.165) is 18.8 Å². The Morgan fingerprint density at radius 2 is 1.40 bits per heavy atom. The van der Waals surface area contributed by atoms with Crippen LogP contribution in [0.15, 0.2) is 48.5 Å². The highest BCUT2D eigenvalue weighted by Gasteiger charge is 2.05. The highest BCUT2D eigenvalue weighted by Crippen LogP contribution is 2.19. The first-order valence-electron chi connectivity index (χ1n) is 8.32. The van der Waals surface area contributed by atoms with E-state index in [1.165, 1.54) is 6.92 Å². The average molecular weight is 340 g/mol. The molecule has 6 heteroatoms. The summed E-state index contributed by atoms with van der Waals surface area (Å²) in [5, 5.41) is 8.23. The molecule has 0 spiro atoms. The van der Waals surface area contributed by atoms with Crippen molar-refractivity contribution >= 4 is 34.7 Å². The number of carbonyl (C=O) groups excluding carboxylic acids is 2. The maximum absolute atomic E-state index is 12.1. The molecule has 0 unspecified atom stereocenters. The van der Waals surface area contributed by atoms with Gasteiger partial charge in [0.05, 0.1) is 0 Å². The number of urea groups is 1. The maximum atomic E-state index is 12.1. The molecule has 2 aromatic rings. The zero-order valence-corrected chi connectivity index (χ0v) is 14.8. The van der Waals surface area contributed by atoms with E-state index >= 15 is 0 Å². The molecule has 0 saturated heterocycles. The summed E-state index contributed by atoms with van der Waals surface area (Å²) in [4.78, 5) is 25.5. The second-order valence-electron chi connectivity index (χ2n) is 5.56. The monoisotopic (exact) mass is 340 g/mol. The topological polar surface area (TPSA) is 73.5 Å². The van der Waals surface area contributed by atoms with E-state index in [9.17, 15) is 9.59 Å². The number of nitrogens with one attached hydrogen (secondary N) is 3. The summed E-state index contributed by atoms with van der Waals surface area (Å²) in [7, 11) is 0. The van der Waals surface area contributed by atoms with Crippen LogP contribution in [0.5, 0.6) is 0 Å². The van der Waals surface area contributed by atoms with E-state index in [1.807, 2.05) is 24.3 Å². The molecule has 2 aromatic carbocycles. The van der Waals surface area contributed by atoms with Gasteiger partial charge < -0.3 is 20.9 Å². The lowest BCUT2D eigenvalue weighted by molar-refractivity contribution is -0.114. The molecule has 6 nitrogen and oxygen atoms in total. The van der Waals surface area contributed by atoms with Crippen molar-refractivity contribution in [3.8, 4) is 0 Å². The van der Waals surface area contributed by atoms with Crippen molar-refractivity contribution in [1.82, 2.24) is 0 Å². The number of carbonyl (C=O) groups is 2. The maximum Gasteiger partial charge on any atom is 0.323 e. The third-order valence-corrected chi connectivity index (χ3v) is 3.69. The first kappa shape index (κ1) is 18.3. The number of rotatable bonds is 6. The zero-order valence-electron chi connectivity index (χ0n) is 14.8. The van der Waals surface area contributed by atoms with Crippen LogP contribution in [0.25, 0.3) is 0 Å². The van der Waals surface area contributed by atoms with Crippen LogP contribution in [0.2, 0.25) is 0 Å². The van der Waals surface area contributed by atoms with Crippen molar-refractivity contribution in [3.63, 3.8) is 0 Å². The van der Waals surface area contributed by atoms with Crippen LogP contribution in [0.4, 0.5) is 27.5 Å². The van der Waals surface area contributed by atoms with Gasteiger partial charge in [-0.25, -0.2) is 4.79 Å². The molecular formula is C19H24N4O2. The van der Waals surface area contributed by atoms with Crippen LogP contribution in [-0.4, -0.2) is 25.0 Å². The fraction of sp³-hybridized carbons (Fsp3) is 0.263. The predicted molar refractivity (Wildman–Crippen MR) is 103 cm³/mol. The minimum Gasteiger partial charge on any atom is -0.372 e. The normalized spacial score (nSPS) is 10.0. The number of hydrogen-bond donors (Lipinski definition) is 3. The SMILES string of the molecule is CCN(CC)c1ccc(NC(=O)Nc2cccc(NC(C)=O)c2)cc1. The lowest BCUT2D eigenvalue weighted by Gasteiger charge is -2.21. The lowest BCUT2D eigenvalue weighted by Crippen LogP contribution is -2.22. The minimum absolute atomic E-state index is 0.158. The molecule has 3 amide bonds. The van der Waals surface area contributed by atoms with Crippen molar-refractivity contribution in [2.24, 2.45) is 0 Å². The van der Waals surface area contributed by atoms with Gasteiger partial charge in [0.2, 0.25) is 5.91 Å². The van der Waals surface area contributed by atoms with E-state index in [0.29, 0.717) is 17.1 Å². The van der Waals surface area contributed by atoms with Gasteiger partial charge in [0.15, 0.2) is 0 Å². The molecule has 0 fully saturated rings. The van der Waals surface area contributed by atoms with Crippen LogP contribution in [-0.2, 0) is 4.79 Å². The van der Waals surface area contributed by atoms with Crippen molar-refractivity contribution < 1.29 is 9.59 Å². The highest BCUT2D eigenvalue weighted by atomic mass is 16.2. The van der Waals surface area contributed by atoms with E-state index in [1.54, 1.807) is 24.3 Å². The van der Waals surface area contributed by atoms with E-state index < -0.39 is 0 Å². The molecule has 3 N–H and O–H groups in total. The Morgan fingerprint density at radius 3 is 1.96 bits per heavy atom. The van der Waals surface area contributed by atoms with Gasteiger partial charge >= 0.3 is 6.03 Å². The second-order valence-corrected chi connectivity index (χ2v) is 5.56. The summed E-state index contributed by atoms with van der Waals surface area (Å²) in [5.41, 5.74) is 3.07. The summed E-state index contributed by atoms with van der Waals surface area (Å²) < 4.78 is 0. The number of nitrogens with zero attached hydrogens (tertiary/aromatic N) is 1. The van der Waals surface area contributed by atoms with Crippen molar-refractivity contribution in [1.29, 1.82) is 0 Å². The Kier molecular flexibility index (Phi) is 6.39. The van der Waals surface area contributed by atoms with Gasteiger partial charge in [-0.2, -0.15) is 0 Å². The van der Waals surface area contributed by atoms with Crippen LogP contribution < -0.4 is 20.9 Å². The Balaban J connectivity index is 1.97. The predicted octanol–water partition coefficient (Wildman–Crippen LogP) is 4.14. The molecule has 0 aliphatic carbocycles. The van der Waals surface area contributed by atoms with Gasteiger partial charge in [-0.3, -0.25) is 4.79 Å². The molecule has 0 aliphatic rings. The first-order valence-corrected chi connectivity index (χ1v) is 8.32. The van der Waals surface area contributed by atoms with Crippen LogP contribution >= 0.6 is 0 Å². The molecule has 0 bridgehead atoms. The first-order chi connectivity index (χ1) is 12.0. The third-order valence-electron chi connectivity index (χ3n) is 3.69. The summed E-state index contributed by atoms with van der Waals surface area (Å²) in [6.07, 6.45) is 0. The molecular weight excluding hydrogens is 316 g/mol. The Labute approximate surface area is 148 Å². The number of anilines is 4. The molecule has 132 valence electrons. The summed E-state index contributed by atoms with van der Waals surface area (Å²) in [6, 6.07) is 14.4. The molecule has 0 radical (unpaired) electrons. The van der Waals surface area contributed by atoms with Gasteiger partial charge in [0, 0.05) is 42.8 Å². The quantitative estimate of drug-likeness (QED) is 0.740. The van der Waals surface area contributed by atoms with Gasteiger partial charge in [-0.1, -0.05) is 6.07 Å². The van der Waals surface area contributed by atoms with Crippen molar-refractivity contribution in [2.75, 3.05) is 33.9 Å². The smallest absolute Gasteiger partial charge is 0.323 e. The molecule has 0 atom stereocenters. The third kappa shape index (κ3) is 5.53. The minimum atomic E-state index is -0.337. The molecule has 0 aliphatic heterocycles. The van der Waals surface area contributed by atoms with Gasteiger partial charge in [-0.05, 0) is 56.3 Å². The molecule has 0 saturated carbocycles. The van der Waals surface area contributed by atoms with Gasteiger partial charge in [0.25, 0.3) is 0 Å². The molecule has 0 aromatic heterocycles. The fourth-order valence-electron chi connectivity index (χ4n) is 2.52. The van der Waals surface area contributed by atoms with E-state index in [-0.39, 0.29) is 11.9 Å². The second kappa shape index (κ2) is 8.73. The average Bonchev–Trinajstić information content (AvgIpc) is 2.57. The Morgan fingerprint density at radius 1 is 0.840 bits per heavy atom. The number of benzene rings is 2. The molecule has 0 heterocycles. The lowest BCUT2D eigenvalue weighted by atomic mass is 10.2. The highest BCUT2D eigenvalue weighted by molar-refractivity contribution is 6.00.